The number of benzene rings is 1. The van der Waals surface area contributed by atoms with E-state index in [-0.39, 0.29) is 0 Å². The van der Waals surface area contributed by atoms with Crippen LogP contribution >= 0.6 is 0 Å². The Morgan fingerprint density at radius 3 is 2.68 bits per heavy atom. The molecule has 0 heterocycles. The first-order valence-corrected chi connectivity index (χ1v) is 6.80. The zero-order chi connectivity index (χ0) is 14.3. The van der Waals surface area contributed by atoms with Crippen molar-refractivity contribution in [2.75, 3.05) is 32.5 Å². The first kappa shape index (κ1) is 15.5. The van der Waals surface area contributed by atoms with Gasteiger partial charge in [-0.25, -0.2) is 4.79 Å². The van der Waals surface area contributed by atoms with E-state index in [1.807, 2.05) is 26.2 Å². The van der Waals surface area contributed by atoms with E-state index in [9.17, 15) is 9.90 Å². The Balaban J connectivity index is 2.93. The summed E-state index contributed by atoms with van der Waals surface area (Å²) in [4.78, 5) is 13.4. The first-order chi connectivity index (χ1) is 9.06. The summed E-state index contributed by atoms with van der Waals surface area (Å²) < 4.78 is 0. The third-order valence-corrected chi connectivity index (χ3v) is 3.04. The largest absolute Gasteiger partial charge is 0.478 e. The van der Waals surface area contributed by atoms with Gasteiger partial charge in [-0.2, -0.15) is 0 Å². The molecule has 1 aromatic carbocycles. The topological polar surface area (TPSA) is 52.6 Å². The Bertz CT molecular complexity index is 417. The molecular formula is C15H24N2O2. The summed E-state index contributed by atoms with van der Waals surface area (Å²) in [6.07, 6.45) is 2.99. The lowest BCUT2D eigenvalue weighted by Crippen LogP contribution is -2.17. The Hall–Kier alpha value is -1.55. The van der Waals surface area contributed by atoms with Crippen LogP contribution in [0.15, 0.2) is 18.2 Å². The number of hydrogen-bond acceptors (Lipinski definition) is 3. The smallest absolute Gasteiger partial charge is 0.337 e. The number of rotatable bonds is 8. The molecule has 0 bridgehead atoms. The van der Waals surface area contributed by atoms with Crippen LogP contribution in [0, 0.1) is 0 Å². The van der Waals surface area contributed by atoms with Crippen LogP contribution in [0.2, 0.25) is 0 Å². The van der Waals surface area contributed by atoms with Gasteiger partial charge >= 0.3 is 5.97 Å². The summed E-state index contributed by atoms with van der Waals surface area (Å²) in [5, 5.41) is 12.6. The van der Waals surface area contributed by atoms with Crippen molar-refractivity contribution in [3.8, 4) is 0 Å². The highest BCUT2D eigenvalue weighted by Crippen LogP contribution is 2.22. The number of carbonyl (C=O) groups is 1. The highest BCUT2D eigenvalue weighted by atomic mass is 16.4. The van der Waals surface area contributed by atoms with Crippen molar-refractivity contribution in [3.63, 3.8) is 0 Å². The van der Waals surface area contributed by atoms with Gasteiger partial charge in [0.1, 0.15) is 0 Å². The number of aromatic carboxylic acids is 1. The fraction of sp³-hybridized carbons (Fsp3) is 0.533. The van der Waals surface area contributed by atoms with Crippen molar-refractivity contribution in [1.29, 1.82) is 0 Å². The van der Waals surface area contributed by atoms with E-state index < -0.39 is 5.97 Å². The molecular weight excluding hydrogens is 240 g/mol. The van der Waals surface area contributed by atoms with Gasteiger partial charge in [-0.05, 0) is 38.6 Å². The van der Waals surface area contributed by atoms with E-state index >= 15 is 0 Å². The molecule has 0 aromatic heterocycles. The number of hydrogen-bond donors (Lipinski definition) is 2. The lowest BCUT2D eigenvalue weighted by atomic mass is 10.0. The molecule has 0 spiro atoms. The van der Waals surface area contributed by atoms with Crippen molar-refractivity contribution in [3.05, 3.63) is 29.3 Å². The molecule has 4 heteroatoms. The molecule has 0 atom stereocenters. The van der Waals surface area contributed by atoms with Crippen molar-refractivity contribution in [1.82, 2.24) is 4.90 Å². The van der Waals surface area contributed by atoms with Gasteiger partial charge in [-0.15, -0.1) is 0 Å². The van der Waals surface area contributed by atoms with Gasteiger partial charge in [0.05, 0.1) is 11.3 Å². The fourth-order valence-corrected chi connectivity index (χ4v) is 1.93. The SMILES string of the molecule is CCCCNc1c(CCN(C)C)cccc1C(=O)O. The van der Waals surface area contributed by atoms with Crippen LogP contribution in [0.1, 0.15) is 35.7 Å². The maximum absolute atomic E-state index is 11.3. The lowest BCUT2D eigenvalue weighted by Gasteiger charge is -2.16. The van der Waals surface area contributed by atoms with E-state index in [0.717, 1.165) is 43.6 Å². The normalized spacial score (nSPS) is 10.7. The minimum Gasteiger partial charge on any atom is -0.478 e. The maximum Gasteiger partial charge on any atom is 0.337 e. The highest BCUT2D eigenvalue weighted by Gasteiger charge is 2.13. The van der Waals surface area contributed by atoms with Gasteiger partial charge in [0.2, 0.25) is 0 Å². The van der Waals surface area contributed by atoms with Crippen LogP contribution < -0.4 is 5.32 Å². The zero-order valence-corrected chi connectivity index (χ0v) is 12.1. The quantitative estimate of drug-likeness (QED) is 0.709. The standard InChI is InChI=1S/C15H24N2O2/c1-4-5-10-16-14-12(9-11-17(2)3)7-6-8-13(14)15(18)19/h6-8,16H,4-5,9-11H2,1-3H3,(H,18,19). The molecule has 4 nitrogen and oxygen atoms in total. The minimum absolute atomic E-state index is 0.368. The second-order valence-electron chi connectivity index (χ2n) is 4.98. The number of nitrogens with one attached hydrogen (secondary N) is 1. The van der Waals surface area contributed by atoms with Crippen molar-refractivity contribution in [2.45, 2.75) is 26.2 Å². The van der Waals surface area contributed by atoms with Gasteiger partial charge in [0.25, 0.3) is 0 Å². The number of anilines is 1. The van der Waals surface area contributed by atoms with Crippen LogP contribution in [0.3, 0.4) is 0 Å². The Morgan fingerprint density at radius 2 is 2.11 bits per heavy atom. The second kappa shape index (κ2) is 7.79. The molecule has 106 valence electrons. The van der Waals surface area contributed by atoms with Crippen LogP contribution in [0.4, 0.5) is 5.69 Å². The number of carboxylic acid groups (broad SMARTS) is 1. The average molecular weight is 264 g/mol. The average Bonchev–Trinajstić information content (AvgIpc) is 2.37. The van der Waals surface area contributed by atoms with Gasteiger partial charge in [-0.3, -0.25) is 0 Å². The second-order valence-corrected chi connectivity index (χ2v) is 4.98. The number of likely N-dealkylation sites (N-methyl/N-ethyl adjacent to an activating group) is 1. The third-order valence-electron chi connectivity index (χ3n) is 3.04. The number of nitrogens with zero attached hydrogens (tertiary/aromatic N) is 1. The predicted molar refractivity (Wildman–Crippen MR) is 79.1 cm³/mol. The summed E-state index contributed by atoms with van der Waals surface area (Å²) in [7, 11) is 4.04. The zero-order valence-electron chi connectivity index (χ0n) is 12.1. The van der Waals surface area contributed by atoms with Crippen molar-refractivity contribution >= 4 is 11.7 Å². The predicted octanol–water partition coefficient (Wildman–Crippen LogP) is 2.70. The summed E-state index contributed by atoms with van der Waals surface area (Å²) in [5.74, 6) is -0.870. The van der Waals surface area contributed by atoms with E-state index in [0.29, 0.717) is 5.56 Å². The summed E-state index contributed by atoms with van der Waals surface area (Å²) in [6.45, 7) is 3.85. The molecule has 0 saturated heterocycles. The molecule has 19 heavy (non-hydrogen) atoms. The summed E-state index contributed by atoms with van der Waals surface area (Å²) in [5.41, 5.74) is 2.22. The Kier molecular flexibility index (Phi) is 6.36. The third kappa shape index (κ3) is 4.91. The first-order valence-electron chi connectivity index (χ1n) is 6.80. The molecule has 0 radical (unpaired) electrons. The summed E-state index contributed by atoms with van der Waals surface area (Å²) in [6, 6.07) is 5.49. The number of para-hydroxylation sites is 1. The van der Waals surface area contributed by atoms with Gasteiger partial charge in [0, 0.05) is 13.1 Å². The van der Waals surface area contributed by atoms with Gasteiger partial charge < -0.3 is 15.3 Å². The lowest BCUT2D eigenvalue weighted by molar-refractivity contribution is 0.0698. The molecule has 2 N–H and O–H groups in total. The van der Waals surface area contributed by atoms with Crippen molar-refractivity contribution in [2.24, 2.45) is 0 Å². The molecule has 0 unspecified atom stereocenters. The molecule has 0 aliphatic heterocycles. The molecule has 1 aromatic rings. The molecule has 0 fully saturated rings. The van der Waals surface area contributed by atoms with E-state index in [4.69, 9.17) is 0 Å². The van der Waals surface area contributed by atoms with E-state index in [1.165, 1.54) is 0 Å². The van der Waals surface area contributed by atoms with Crippen LogP contribution in [-0.4, -0.2) is 43.2 Å². The van der Waals surface area contributed by atoms with Crippen molar-refractivity contribution < 1.29 is 9.90 Å². The Morgan fingerprint density at radius 1 is 1.37 bits per heavy atom. The van der Waals surface area contributed by atoms with E-state index in [2.05, 4.69) is 17.1 Å². The number of unbranched alkanes of at least 4 members (excludes halogenated alkanes) is 1. The molecule has 0 aliphatic rings. The van der Waals surface area contributed by atoms with Crippen LogP contribution in [-0.2, 0) is 6.42 Å². The fourth-order valence-electron chi connectivity index (χ4n) is 1.93. The molecule has 1 rings (SSSR count). The van der Waals surface area contributed by atoms with E-state index in [1.54, 1.807) is 6.07 Å². The monoisotopic (exact) mass is 264 g/mol. The molecule has 0 saturated carbocycles. The minimum atomic E-state index is -0.870. The van der Waals surface area contributed by atoms with Crippen LogP contribution in [0.25, 0.3) is 0 Å². The maximum atomic E-state index is 11.3. The molecule has 0 amide bonds. The summed E-state index contributed by atoms with van der Waals surface area (Å²) >= 11 is 0. The number of carboxylic acids is 1. The Labute approximate surface area is 115 Å². The highest BCUT2D eigenvalue weighted by molar-refractivity contribution is 5.95. The van der Waals surface area contributed by atoms with Gasteiger partial charge in [-0.1, -0.05) is 25.5 Å². The van der Waals surface area contributed by atoms with Gasteiger partial charge in [0.15, 0.2) is 0 Å². The van der Waals surface area contributed by atoms with Crippen LogP contribution in [0.5, 0.6) is 0 Å². The molecule has 0 aliphatic carbocycles.